The van der Waals surface area contributed by atoms with Crippen LogP contribution in [-0.4, -0.2) is 40.1 Å². The van der Waals surface area contributed by atoms with Crippen molar-refractivity contribution in [2.45, 2.75) is 5.16 Å². The summed E-state index contributed by atoms with van der Waals surface area (Å²) in [5, 5.41) is 11.6. The Bertz CT molecular complexity index is 706. The van der Waals surface area contributed by atoms with Crippen molar-refractivity contribution in [3.05, 3.63) is 24.3 Å². The van der Waals surface area contributed by atoms with Crippen molar-refractivity contribution in [1.82, 2.24) is 20.1 Å². The van der Waals surface area contributed by atoms with Gasteiger partial charge in [-0.3, -0.25) is 4.79 Å². The van der Waals surface area contributed by atoms with Crippen LogP contribution in [0.3, 0.4) is 0 Å². The average Bonchev–Trinajstić information content (AvgIpc) is 2.91. The van der Waals surface area contributed by atoms with E-state index in [1.807, 2.05) is 35.9 Å². The number of ether oxygens (including phenoxy) is 1. The van der Waals surface area contributed by atoms with E-state index in [9.17, 15) is 4.79 Å². The summed E-state index contributed by atoms with van der Waals surface area (Å²) in [7, 11) is 3.46. The number of terminal acetylenes is 1. The second-order valence-electron chi connectivity index (χ2n) is 4.34. The molecule has 0 aliphatic rings. The number of thioether (sulfide) groups is 1. The standard InChI is InChI=1S/C15H16N4O2S/c1-4-9-16-13(20)10-22-15-18-17-14(19(15)2)11-7-5-6-8-12(11)21-3/h1,5-8H,9-10H2,2-3H3,(H,16,20). The van der Waals surface area contributed by atoms with E-state index in [1.165, 1.54) is 11.8 Å². The molecule has 2 rings (SSSR count). The van der Waals surface area contributed by atoms with Gasteiger partial charge >= 0.3 is 0 Å². The highest BCUT2D eigenvalue weighted by molar-refractivity contribution is 7.99. The molecule has 0 aliphatic heterocycles. The molecule has 7 heteroatoms. The number of carbonyl (C=O) groups is 1. The number of benzene rings is 1. The minimum absolute atomic E-state index is 0.134. The molecule has 114 valence electrons. The summed E-state index contributed by atoms with van der Waals surface area (Å²) in [6.45, 7) is 0.227. The number of nitrogens with zero attached hydrogens (tertiary/aromatic N) is 3. The lowest BCUT2D eigenvalue weighted by Crippen LogP contribution is -2.25. The van der Waals surface area contributed by atoms with Gasteiger partial charge in [-0.1, -0.05) is 29.8 Å². The molecule has 1 aromatic heterocycles. The van der Waals surface area contributed by atoms with Crippen molar-refractivity contribution in [2.24, 2.45) is 7.05 Å². The van der Waals surface area contributed by atoms with E-state index in [-0.39, 0.29) is 18.2 Å². The molecular formula is C15H16N4O2S. The zero-order chi connectivity index (χ0) is 15.9. The minimum Gasteiger partial charge on any atom is -0.496 e. The van der Waals surface area contributed by atoms with Crippen LogP contribution in [0, 0.1) is 12.3 Å². The number of aromatic nitrogens is 3. The summed E-state index contributed by atoms with van der Waals surface area (Å²) >= 11 is 1.30. The smallest absolute Gasteiger partial charge is 0.231 e. The van der Waals surface area contributed by atoms with Gasteiger partial charge in [-0.2, -0.15) is 0 Å². The van der Waals surface area contributed by atoms with Crippen LogP contribution < -0.4 is 10.1 Å². The monoisotopic (exact) mass is 316 g/mol. The van der Waals surface area contributed by atoms with Gasteiger partial charge in [-0.25, -0.2) is 0 Å². The van der Waals surface area contributed by atoms with E-state index in [0.717, 1.165) is 11.3 Å². The number of rotatable bonds is 6. The Morgan fingerprint density at radius 1 is 1.45 bits per heavy atom. The highest BCUT2D eigenvalue weighted by atomic mass is 32.2. The van der Waals surface area contributed by atoms with Gasteiger partial charge in [-0.15, -0.1) is 16.6 Å². The Hall–Kier alpha value is -2.46. The number of amides is 1. The van der Waals surface area contributed by atoms with Gasteiger partial charge in [0.1, 0.15) is 5.75 Å². The molecule has 6 nitrogen and oxygen atoms in total. The van der Waals surface area contributed by atoms with Gasteiger partial charge in [0.2, 0.25) is 5.91 Å². The fourth-order valence-corrected chi connectivity index (χ4v) is 2.58. The highest BCUT2D eigenvalue weighted by Crippen LogP contribution is 2.29. The molecule has 1 N–H and O–H groups in total. The Labute approximate surface area is 133 Å². The summed E-state index contributed by atoms with van der Waals surface area (Å²) in [6, 6.07) is 7.58. The first-order valence-corrected chi connectivity index (χ1v) is 7.51. The minimum atomic E-state index is -0.134. The van der Waals surface area contributed by atoms with Gasteiger partial charge < -0.3 is 14.6 Å². The van der Waals surface area contributed by atoms with E-state index in [2.05, 4.69) is 21.4 Å². The van der Waals surface area contributed by atoms with Crippen LogP contribution in [0.25, 0.3) is 11.4 Å². The number of methoxy groups -OCH3 is 1. The molecule has 0 radical (unpaired) electrons. The molecular weight excluding hydrogens is 300 g/mol. The van der Waals surface area contributed by atoms with Crippen LogP contribution >= 0.6 is 11.8 Å². The van der Waals surface area contributed by atoms with Gasteiger partial charge in [0, 0.05) is 7.05 Å². The molecule has 0 fully saturated rings. The van der Waals surface area contributed by atoms with Crippen LogP contribution in [0.15, 0.2) is 29.4 Å². The largest absolute Gasteiger partial charge is 0.496 e. The first-order chi connectivity index (χ1) is 10.7. The predicted molar refractivity (Wildman–Crippen MR) is 85.6 cm³/mol. The Morgan fingerprint density at radius 2 is 2.23 bits per heavy atom. The Balaban J connectivity index is 2.13. The van der Waals surface area contributed by atoms with Crippen molar-refractivity contribution in [3.63, 3.8) is 0 Å². The lowest BCUT2D eigenvalue weighted by atomic mass is 10.2. The summed E-state index contributed by atoms with van der Waals surface area (Å²) in [4.78, 5) is 11.6. The first-order valence-electron chi connectivity index (χ1n) is 6.53. The molecule has 0 saturated heterocycles. The maximum atomic E-state index is 11.6. The van der Waals surface area contributed by atoms with E-state index in [0.29, 0.717) is 11.0 Å². The third-order valence-electron chi connectivity index (χ3n) is 2.90. The lowest BCUT2D eigenvalue weighted by molar-refractivity contribution is -0.118. The van der Waals surface area contributed by atoms with Crippen LogP contribution in [0.4, 0.5) is 0 Å². The molecule has 0 spiro atoms. The van der Waals surface area contributed by atoms with Crippen LogP contribution in [0.5, 0.6) is 5.75 Å². The summed E-state index contributed by atoms with van der Waals surface area (Å²) in [6.07, 6.45) is 5.09. The van der Waals surface area contributed by atoms with E-state index >= 15 is 0 Å². The molecule has 0 bridgehead atoms. The lowest BCUT2D eigenvalue weighted by Gasteiger charge is -2.08. The highest BCUT2D eigenvalue weighted by Gasteiger charge is 2.15. The molecule has 1 amide bonds. The van der Waals surface area contributed by atoms with Crippen LogP contribution in [0.2, 0.25) is 0 Å². The second kappa shape index (κ2) is 7.52. The second-order valence-corrected chi connectivity index (χ2v) is 5.28. The fraction of sp³-hybridized carbons (Fsp3) is 0.267. The Morgan fingerprint density at radius 3 is 2.95 bits per heavy atom. The maximum absolute atomic E-state index is 11.6. The van der Waals surface area contributed by atoms with Gasteiger partial charge in [0.15, 0.2) is 11.0 Å². The van der Waals surface area contributed by atoms with Crippen molar-refractivity contribution >= 4 is 17.7 Å². The summed E-state index contributed by atoms with van der Waals surface area (Å²) in [5.41, 5.74) is 0.851. The fourth-order valence-electron chi connectivity index (χ4n) is 1.84. The Kier molecular flexibility index (Phi) is 5.44. The molecule has 1 aromatic carbocycles. The summed E-state index contributed by atoms with van der Waals surface area (Å²) in [5.74, 6) is 3.87. The van der Waals surface area contributed by atoms with Gasteiger partial charge in [-0.05, 0) is 12.1 Å². The number of hydrogen-bond acceptors (Lipinski definition) is 5. The molecule has 0 saturated carbocycles. The third kappa shape index (κ3) is 3.59. The molecule has 0 unspecified atom stereocenters. The zero-order valence-corrected chi connectivity index (χ0v) is 13.2. The normalized spacial score (nSPS) is 10.0. The zero-order valence-electron chi connectivity index (χ0n) is 12.4. The van der Waals surface area contributed by atoms with Crippen molar-refractivity contribution in [2.75, 3.05) is 19.4 Å². The van der Waals surface area contributed by atoms with Gasteiger partial charge in [0.25, 0.3) is 0 Å². The third-order valence-corrected chi connectivity index (χ3v) is 3.92. The number of para-hydroxylation sites is 1. The summed E-state index contributed by atoms with van der Waals surface area (Å²) < 4.78 is 7.17. The number of nitrogens with one attached hydrogen (secondary N) is 1. The predicted octanol–water partition coefficient (Wildman–Crippen LogP) is 1.33. The molecule has 0 atom stereocenters. The number of hydrogen-bond donors (Lipinski definition) is 1. The van der Waals surface area contributed by atoms with Crippen LogP contribution in [-0.2, 0) is 11.8 Å². The van der Waals surface area contributed by atoms with Crippen molar-refractivity contribution in [3.8, 4) is 29.5 Å². The molecule has 2 aromatic rings. The van der Waals surface area contributed by atoms with Crippen molar-refractivity contribution in [1.29, 1.82) is 0 Å². The first kappa shape index (κ1) is 15.9. The average molecular weight is 316 g/mol. The molecule has 0 aliphatic carbocycles. The SMILES string of the molecule is C#CCNC(=O)CSc1nnc(-c2ccccc2OC)n1C. The van der Waals surface area contributed by atoms with Crippen LogP contribution in [0.1, 0.15) is 0 Å². The van der Waals surface area contributed by atoms with E-state index < -0.39 is 0 Å². The number of carbonyl (C=O) groups excluding carboxylic acids is 1. The molecule has 1 heterocycles. The van der Waals surface area contributed by atoms with Crippen molar-refractivity contribution < 1.29 is 9.53 Å². The van der Waals surface area contributed by atoms with E-state index in [1.54, 1.807) is 7.11 Å². The van der Waals surface area contributed by atoms with E-state index in [4.69, 9.17) is 11.2 Å². The maximum Gasteiger partial charge on any atom is 0.231 e. The topological polar surface area (TPSA) is 69.0 Å². The van der Waals surface area contributed by atoms with Gasteiger partial charge in [0.05, 0.1) is 25.0 Å². The molecule has 22 heavy (non-hydrogen) atoms. The quantitative estimate of drug-likeness (QED) is 0.643.